The van der Waals surface area contributed by atoms with Crippen molar-refractivity contribution in [1.82, 2.24) is 20.6 Å². The standard InChI is InChI=1S/C16H11Cl2N5O/c17-12-2-1-11(7-13(12)18)14-8-15(22-21-14)16(24)23-20-9-10-3-5-19-6-4-10/h1-9H,(H,21,22)(H,23,24)/b20-9+. The van der Waals surface area contributed by atoms with E-state index in [-0.39, 0.29) is 5.69 Å². The molecule has 1 amide bonds. The Hall–Kier alpha value is -2.70. The van der Waals surface area contributed by atoms with Gasteiger partial charge in [-0.05, 0) is 35.9 Å². The first kappa shape index (κ1) is 16.2. The Balaban J connectivity index is 1.69. The van der Waals surface area contributed by atoms with Crippen molar-refractivity contribution in [2.24, 2.45) is 5.10 Å². The van der Waals surface area contributed by atoms with Crippen LogP contribution >= 0.6 is 23.2 Å². The quantitative estimate of drug-likeness (QED) is 0.551. The molecule has 6 nitrogen and oxygen atoms in total. The SMILES string of the molecule is O=C(N/N=C/c1ccncc1)c1cc(-c2ccc(Cl)c(Cl)c2)n[nH]1. The fourth-order valence-corrected chi connectivity index (χ4v) is 2.21. The van der Waals surface area contributed by atoms with Crippen LogP contribution in [0.4, 0.5) is 0 Å². The van der Waals surface area contributed by atoms with E-state index in [0.29, 0.717) is 15.7 Å². The Morgan fingerprint density at radius 3 is 2.67 bits per heavy atom. The lowest BCUT2D eigenvalue weighted by molar-refractivity contribution is 0.0950. The zero-order valence-corrected chi connectivity index (χ0v) is 13.7. The Labute approximate surface area is 147 Å². The van der Waals surface area contributed by atoms with Gasteiger partial charge in [0.15, 0.2) is 0 Å². The summed E-state index contributed by atoms with van der Waals surface area (Å²) in [4.78, 5) is 15.9. The number of H-pyrrole nitrogens is 1. The van der Waals surface area contributed by atoms with Crippen molar-refractivity contribution in [3.05, 3.63) is 70.1 Å². The van der Waals surface area contributed by atoms with Gasteiger partial charge in [0.25, 0.3) is 5.91 Å². The summed E-state index contributed by atoms with van der Waals surface area (Å²) >= 11 is 11.9. The smallest absolute Gasteiger partial charge is 0.272 e. The Bertz CT molecular complexity index is 892. The van der Waals surface area contributed by atoms with Crippen LogP contribution in [0.5, 0.6) is 0 Å². The molecule has 0 aliphatic rings. The van der Waals surface area contributed by atoms with Crippen LogP contribution in [0.3, 0.4) is 0 Å². The number of hydrogen-bond acceptors (Lipinski definition) is 4. The Morgan fingerprint density at radius 2 is 1.92 bits per heavy atom. The summed E-state index contributed by atoms with van der Waals surface area (Å²) in [6.45, 7) is 0. The van der Waals surface area contributed by atoms with Gasteiger partial charge in [0.1, 0.15) is 5.69 Å². The lowest BCUT2D eigenvalue weighted by Crippen LogP contribution is -2.17. The second-order valence-electron chi connectivity index (χ2n) is 4.78. The van der Waals surface area contributed by atoms with E-state index in [1.165, 1.54) is 6.21 Å². The number of aromatic nitrogens is 3. The minimum atomic E-state index is -0.404. The van der Waals surface area contributed by atoms with E-state index in [9.17, 15) is 4.79 Å². The molecule has 0 aliphatic heterocycles. The van der Waals surface area contributed by atoms with E-state index >= 15 is 0 Å². The highest BCUT2D eigenvalue weighted by molar-refractivity contribution is 6.42. The molecule has 0 saturated carbocycles. The molecule has 1 aromatic carbocycles. The number of nitrogens with zero attached hydrogens (tertiary/aromatic N) is 3. The summed E-state index contributed by atoms with van der Waals surface area (Å²) < 4.78 is 0. The van der Waals surface area contributed by atoms with Gasteiger partial charge < -0.3 is 0 Å². The monoisotopic (exact) mass is 359 g/mol. The van der Waals surface area contributed by atoms with E-state index in [2.05, 4.69) is 25.7 Å². The van der Waals surface area contributed by atoms with Crippen LogP contribution in [0.2, 0.25) is 10.0 Å². The highest BCUT2D eigenvalue weighted by Gasteiger charge is 2.11. The molecule has 3 rings (SSSR count). The number of pyridine rings is 1. The van der Waals surface area contributed by atoms with Gasteiger partial charge >= 0.3 is 0 Å². The van der Waals surface area contributed by atoms with Gasteiger partial charge in [0.2, 0.25) is 0 Å². The Morgan fingerprint density at radius 1 is 1.12 bits per heavy atom. The van der Waals surface area contributed by atoms with Crippen LogP contribution < -0.4 is 5.43 Å². The molecule has 3 aromatic rings. The molecular formula is C16H11Cl2N5O. The molecule has 120 valence electrons. The second kappa shape index (κ2) is 7.25. The molecule has 2 aromatic heterocycles. The molecule has 24 heavy (non-hydrogen) atoms. The van der Waals surface area contributed by atoms with Gasteiger partial charge in [-0.15, -0.1) is 0 Å². The molecular weight excluding hydrogens is 349 g/mol. The molecule has 0 atom stereocenters. The molecule has 0 fully saturated rings. The van der Waals surface area contributed by atoms with E-state index in [4.69, 9.17) is 23.2 Å². The fourth-order valence-electron chi connectivity index (χ4n) is 1.92. The number of rotatable bonds is 4. The molecule has 0 radical (unpaired) electrons. The van der Waals surface area contributed by atoms with Crippen molar-refractivity contribution in [1.29, 1.82) is 0 Å². The summed E-state index contributed by atoms with van der Waals surface area (Å²) in [5.41, 5.74) is 4.86. The van der Waals surface area contributed by atoms with Crippen molar-refractivity contribution < 1.29 is 4.79 Å². The lowest BCUT2D eigenvalue weighted by Gasteiger charge is -1.98. The lowest BCUT2D eigenvalue weighted by atomic mass is 10.1. The van der Waals surface area contributed by atoms with Gasteiger partial charge in [-0.3, -0.25) is 14.9 Å². The maximum absolute atomic E-state index is 12.0. The highest BCUT2D eigenvalue weighted by atomic mass is 35.5. The second-order valence-corrected chi connectivity index (χ2v) is 5.59. The zero-order chi connectivity index (χ0) is 16.9. The molecule has 8 heteroatoms. The number of carbonyl (C=O) groups is 1. The van der Waals surface area contributed by atoms with E-state index < -0.39 is 5.91 Å². The fraction of sp³-hybridized carbons (Fsp3) is 0. The average molecular weight is 360 g/mol. The van der Waals surface area contributed by atoms with Crippen LogP contribution in [-0.4, -0.2) is 27.3 Å². The first-order valence-corrected chi connectivity index (χ1v) is 7.63. The highest BCUT2D eigenvalue weighted by Crippen LogP contribution is 2.27. The van der Waals surface area contributed by atoms with Crippen molar-refractivity contribution in [2.45, 2.75) is 0 Å². The molecule has 2 heterocycles. The molecule has 0 bridgehead atoms. The summed E-state index contributed by atoms with van der Waals surface area (Å²) in [5.74, 6) is -0.404. The van der Waals surface area contributed by atoms with Crippen molar-refractivity contribution in [2.75, 3.05) is 0 Å². The van der Waals surface area contributed by atoms with Crippen molar-refractivity contribution in [3.63, 3.8) is 0 Å². The molecule has 0 aliphatic carbocycles. The van der Waals surface area contributed by atoms with Crippen LogP contribution in [0.1, 0.15) is 16.1 Å². The molecule has 0 unspecified atom stereocenters. The summed E-state index contributed by atoms with van der Waals surface area (Å²) in [5, 5.41) is 11.5. The van der Waals surface area contributed by atoms with Gasteiger partial charge in [0, 0.05) is 18.0 Å². The number of aromatic amines is 1. The Kier molecular flexibility index (Phi) is 4.88. The average Bonchev–Trinajstić information content (AvgIpc) is 3.08. The maximum Gasteiger partial charge on any atom is 0.289 e. The van der Waals surface area contributed by atoms with E-state index in [0.717, 1.165) is 11.1 Å². The third kappa shape index (κ3) is 3.79. The van der Waals surface area contributed by atoms with Gasteiger partial charge in [-0.25, -0.2) is 5.43 Å². The zero-order valence-electron chi connectivity index (χ0n) is 12.2. The van der Waals surface area contributed by atoms with Gasteiger partial charge in [-0.1, -0.05) is 29.3 Å². The number of hydrogen-bond donors (Lipinski definition) is 2. The molecule has 0 saturated heterocycles. The number of benzene rings is 1. The van der Waals surface area contributed by atoms with E-state index in [1.807, 2.05) is 0 Å². The predicted molar refractivity (Wildman–Crippen MR) is 93.3 cm³/mol. The topological polar surface area (TPSA) is 83.0 Å². The largest absolute Gasteiger partial charge is 0.289 e. The molecule has 0 spiro atoms. The van der Waals surface area contributed by atoms with Crippen LogP contribution in [0.15, 0.2) is 53.9 Å². The minimum Gasteiger partial charge on any atom is -0.272 e. The van der Waals surface area contributed by atoms with Crippen LogP contribution in [0, 0.1) is 0 Å². The maximum atomic E-state index is 12.0. The number of nitrogens with one attached hydrogen (secondary N) is 2. The van der Waals surface area contributed by atoms with Crippen molar-refractivity contribution >= 4 is 35.3 Å². The van der Waals surface area contributed by atoms with E-state index in [1.54, 1.807) is 48.8 Å². The predicted octanol–water partition coefficient (Wildman–Crippen LogP) is 3.54. The third-order valence-corrected chi connectivity index (χ3v) is 3.86. The number of hydrazone groups is 1. The third-order valence-electron chi connectivity index (χ3n) is 3.12. The summed E-state index contributed by atoms with van der Waals surface area (Å²) in [6.07, 6.45) is 4.80. The van der Waals surface area contributed by atoms with Crippen LogP contribution in [-0.2, 0) is 0 Å². The number of amides is 1. The number of halogens is 2. The number of carbonyl (C=O) groups excluding carboxylic acids is 1. The van der Waals surface area contributed by atoms with Crippen LogP contribution in [0.25, 0.3) is 11.3 Å². The first-order chi connectivity index (χ1) is 11.6. The van der Waals surface area contributed by atoms with Gasteiger partial charge in [-0.2, -0.15) is 10.2 Å². The minimum absolute atomic E-state index is 0.281. The summed E-state index contributed by atoms with van der Waals surface area (Å²) in [7, 11) is 0. The normalized spacial score (nSPS) is 10.9. The van der Waals surface area contributed by atoms with Gasteiger partial charge in [0.05, 0.1) is 22.0 Å². The first-order valence-electron chi connectivity index (χ1n) is 6.88. The van der Waals surface area contributed by atoms with Crippen molar-refractivity contribution in [3.8, 4) is 11.3 Å². The molecule has 2 N–H and O–H groups in total. The summed E-state index contributed by atoms with van der Waals surface area (Å²) in [6, 6.07) is 10.3.